The summed E-state index contributed by atoms with van der Waals surface area (Å²) >= 11 is 1.12. The lowest BCUT2D eigenvalue weighted by molar-refractivity contribution is -0.137. The van der Waals surface area contributed by atoms with Gasteiger partial charge in [0.1, 0.15) is 13.4 Å². The molecule has 0 bridgehead atoms. The van der Waals surface area contributed by atoms with Crippen LogP contribution >= 0.6 is 11.8 Å². The molecule has 7 heteroatoms. The van der Waals surface area contributed by atoms with E-state index in [1.165, 1.54) is 0 Å². The Morgan fingerprint density at radius 3 is 2.82 bits per heavy atom. The van der Waals surface area contributed by atoms with Gasteiger partial charge in [0.05, 0.1) is 25.0 Å². The van der Waals surface area contributed by atoms with E-state index in [2.05, 4.69) is 11.9 Å². The van der Waals surface area contributed by atoms with Crippen molar-refractivity contribution in [2.45, 2.75) is 5.25 Å². The molecule has 0 atom stereocenters. The average molecular weight is 261 g/mol. The largest absolute Gasteiger partial charge is 0.461 e. The Morgan fingerprint density at radius 2 is 2.18 bits per heavy atom. The average Bonchev–Trinajstić information content (AvgIpc) is 2.35. The van der Waals surface area contributed by atoms with Crippen LogP contribution < -0.4 is 5.32 Å². The molecule has 0 aliphatic carbocycles. The van der Waals surface area contributed by atoms with Gasteiger partial charge in [-0.05, 0) is 0 Å². The first kappa shape index (κ1) is 14.0. The molecular weight excluding hydrogens is 246 g/mol. The Balaban J connectivity index is 2.04. The van der Waals surface area contributed by atoms with Crippen LogP contribution in [-0.4, -0.2) is 49.6 Å². The third kappa shape index (κ3) is 6.30. The molecule has 0 aromatic heterocycles. The van der Waals surface area contributed by atoms with Gasteiger partial charge in [0.25, 0.3) is 5.24 Å². The third-order valence-electron chi connectivity index (χ3n) is 1.83. The lowest BCUT2D eigenvalue weighted by atomic mass is 10.5. The summed E-state index contributed by atoms with van der Waals surface area (Å²) in [7, 11) is 0. The van der Waals surface area contributed by atoms with Crippen LogP contribution in [0.1, 0.15) is 0 Å². The van der Waals surface area contributed by atoms with Crippen molar-refractivity contribution in [1.82, 2.24) is 5.32 Å². The van der Waals surface area contributed by atoms with Crippen LogP contribution in [0.5, 0.6) is 0 Å². The molecule has 1 rings (SSSR count). The van der Waals surface area contributed by atoms with Crippen molar-refractivity contribution < 1.29 is 23.8 Å². The molecule has 1 N–H and O–H groups in total. The maximum atomic E-state index is 11.4. The zero-order chi connectivity index (χ0) is 12.5. The summed E-state index contributed by atoms with van der Waals surface area (Å²) in [6.07, 6.45) is 1.08. The van der Waals surface area contributed by atoms with Crippen LogP contribution in [0.25, 0.3) is 0 Å². The molecule has 1 heterocycles. The fourth-order valence-corrected chi connectivity index (χ4v) is 1.91. The van der Waals surface area contributed by atoms with Crippen LogP contribution in [0.4, 0.5) is 4.79 Å². The van der Waals surface area contributed by atoms with E-state index in [4.69, 9.17) is 14.2 Å². The molecule has 17 heavy (non-hydrogen) atoms. The Kier molecular flexibility index (Phi) is 6.68. The van der Waals surface area contributed by atoms with Gasteiger partial charge in [-0.2, -0.15) is 0 Å². The lowest BCUT2D eigenvalue weighted by Gasteiger charge is -2.20. The number of nitrogens with one attached hydrogen (secondary N) is 1. The number of thioether (sulfide) groups is 1. The van der Waals surface area contributed by atoms with Crippen LogP contribution in [0.2, 0.25) is 0 Å². The molecule has 0 aromatic rings. The SMILES string of the molecule is C=CC(=O)OCCNC(=O)SC1COCOC1. The summed E-state index contributed by atoms with van der Waals surface area (Å²) in [6, 6.07) is 0. The summed E-state index contributed by atoms with van der Waals surface area (Å²) in [5.74, 6) is -0.499. The predicted octanol–water partition coefficient (Wildman–Crippen LogP) is 0.531. The van der Waals surface area contributed by atoms with E-state index in [1.807, 2.05) is 0 Å². The monoisotopic (exact) mass is 261 g/mol. The first-order valence-electron chi connectivity index (χ1n) is 5.11. The Bertz CT molecular complexity index is 278. The maximum Gasteiger partial charge on any atom is 0.330 e. The third-order valence-corrected chi connectivity index (χ3v) is 2.79. The van der Waals surface area contributed by atoms with Gasteiger partial charge in [-0.25, -0.2) is 4.79 Å². The van der Waals surface area contributed by atoms with Gasteiger partial charge in [-0.1, -0.05) is 18.3 Å². The number of amides is 1. The standard InChI is InChI=1S/C10H15NO5S/c1-2-9(12)16-4-3-11-10(13)17-8-5-14-7-15-6-8/h2,8H,1,3-7H2,(H,11,13). The summed E-state index contributed by atoms with van der Waals surface area (Å²) in [4.78, 5) is 22.1. The second-order valence-electron chi connectivity index (χ2n) is 3.19. The first-order chi connectivity index (χ1) is 8.22. The van der Waals surface area contributed by atoms with E-state index >= 15 is 0 Å². The molecule has 0 saturated carbocycles. The molecule has 1 amide bonds. The van der Waals surface area contributed by atoms with E-state index in [9.17, 15) is 9.59 Å². The van der Waals surface area contributed by atoms with Crippen molar-refractivity contribution in [2.75, 3.05) is 33.2 Å². The van der Waals surface area contributed by atoms with Gasteiger partial charge in [0.2, 0.25) is 0 Å². The Labute approximate surface area is 104 Å². The first-order valence-corrected chi connectivity index (χ1v) is 5.99. The van der Waals surface area contributed by atoms with Crippen LogP contribution in [-0.2, 0) is 19.0 Å². The topological polar surface area (TPSA) is 73.9 Å². The second kappa shape index (κ2) is 8.10. The zero-order valence-electron chi connectivity index (χ0n) is 9.35. The van der Waals surface area contributed by atoms with E-state index in [0.29, 0.717) is 13.2 Å². The molecule has 1 fully saturated rings. The van der Waals surface area contributed by atoms with Crippen LogP contribution in [0, 0.1) is 0 Å². The number of ether oxygens (including phenoxy) is 3. The van der Waals surface area contributed by atoms with Crippen molar-refractivity contribution in [2.24, 2.45) is 0 Å². The Morgan fingerprint density at radius 1 is 1.47 bits per heavy atom. The Hall–Kier alpha value is -1.05. The van der Waals surface area contributed by atoms with Crippen molar-refractivity contribution in [3.63, 3.8) is 0 Å². The predicted molar refractivity (Wildman–Crippen MR) is 62.7 cm³/mol. The number of esters is 1. The van der Waals surface area contributed by atoms with Crippen molar-refractivity contribution in [3.05, 3.63) is 12.7 Å². The smallest absolute Gasteiger partial charge is 0.330 e. The highest BCUT2D eigenvalue weighted by Gasteiger charge is 2.18. The molecule has 1 saturated heterocycles. The number of carbonyl (C=O) groups is 2. The lowest BCUT2D eigenvalue weighted by Crippen LogP contribution is -2.31. The summed E-state index contributed by atoms with van der Waals surface area (Å²) in [6.45, 7) is 4.96. The van der Waals surface area contributed by atoms with Crippen LogP contribution in [0.3, 0.4) is 0 Å². The minimum absolute atomic E-state index is 0.0134. The summed E-state index contributed by atoms with van der Waals surface area (Å²) in [5, 5.41) is 2.44. The van der Waals surface area contributed by atoms with Crippen molar-refractivity contribution >= 4 is 23.0 Å². The van der Waals surface area contributed by atoms with Gasteiger partial charge >= 0.3 is 5.97 Å². The fraction of sp³-hybridized carbons (Fsp3) is 0.600. The van der Waals surface area contributed by atoms with E-state index in [-0.39, 0.29) is 30.4 Å². The molecule has 0 spiro atoms. The minimum atomic E-state index is -0.499. The van der Waals surface area contributed by atoms with Crippen molar-refractivity contribution in [3.8, 4) is 0 Å². The van der Waals surface area contributed by atoms with Gasteiger partial charge in [-0.3, -0.25) is 4.79 Å². The van der Waals surface area contributed by atoms with Gasteiger partial charge < -0.3 is 19.5 Å². The number of hydrogen-bond donors (Lipinski definition) is 1. The molecule has 0 unspecified atom stereocenters. The zero-order valence-corrected chi connectivity index (χ0v) is 10.2. The van der Waals surface area contributed by atoms with E-state index in [0.717, 1.165) is 17.8 Å². The molecular formula is C10H15NO5S. The number of carbonyl (C=O) groups excluding carboxylic acids is 2. The van der Waals surface area contributed by atoms with Gasteiger partial charge in [0.15, 0.2) is 0 Å². The molecule has 1 aliphatic heterocycles. The van der Waals surface area contributed by atoms with Gasteiger partial charge in [0, 0.05) is 6.08 Å². The minimum Gasteiger partial charge on any atom is -0.461 e. The number of hydrogen-bond acceptors (Lipinski definition) is 6. The second-order valence-corrected chi connectivity index (χ2v) is 4.46. The van der Waals surface area contributed by atoms with Gasteiger partial charge in [-0.15, -0.1) is 0 Å². The highest BCUT2D eigenvalue weighted by atomic mass is 32.2. The number of rotatable bonds is 5. The molecule has 6 nitrogen and oxygen atoms in total. The highest BCUT2D eigenvalue weighted by molar-refractivity contribution is 8.14. The highest BCUT2D eigenvalue weighted by Crippen LogP contribution is 2.15. The fourth-order valence-electron chi connectivity index (χ4n) is 1.09. The summed E-state index contributed by atoms with van der Waals surface area (Å²) < 4.78 is 14.8. The normalized spacial score (nSPS) is 16.2. The summed E-state index contributed by atoms with van der Waals surface area (Å²) in [5.41, 5.74) is 0. The molecule has 0 aromatic carbocycles. The van der Waals surface area contributed by atoms with Crippen molar-refractivity contribution in [1.29, 1.82) is 0 Å². The maximum absolute atomic E-state index is 11.4. The quantitative estimate of drug-likeness (QED) is 0.442. The molecule has 1 aliphatic rings. The van der Waals surface area contributed by atoms with E-state index in [1.54, 1.807) is 0 Å². The molecule has 0 radical (unpaired) electrons. The van der Waals surface area contributed by atoms with Crippen LogP contribution in [0.15, 0.2) is 12.7 Å². The van der Waals surface area contributed by atoms with E-state index < -0.39 is 5.97 Å². The molecule has 96 valence electrons.